The van der Waals surface area contributed by atoms with Gasteiger partial charge in [0.25, 0.3) is 0 Å². The standard InChI is InChI=1S/C13H9F2N3OS/c1-6-17-5-10(20-6)12-11(13(16)19-18-12)7-2-8(14)4-9(15)3-7/h2-5H,16H2,1H3. The number of nitrogens with zero attached hydrogens (tertiary/aromatic N) is 2. The van der Waals surface area contributed by atoms with Gasteiger partial charge in [-0.15, -0.1) is 11.3 Å². The summed E-state index contributed by atoms with van der Waals surface area (Å²) in [6.45, 7) is 1.85. The first-order chi connectivity index (χ1) is 9.54. The van der Waals surface area contributed by atoms with E-state index in [0.29, 0.717) is 11.3 Å². The number of benzene rings is 1. The summed E-state index contributed by atoms with van der Waals surface area (Å²) in [5.74, 6) is -1.37. The molecule has 0 aliphatic carbocycles. The van der Waals surface area contributed by atoms with Crippen LogP contribution in [0.5, 0.6) is 0 Å². The van der Waals surface area contributed by atoms with Crippen LogP contribution < -0.4 is 5.73 Å². The number of nitrogen functional groups attached to an aromatic ring is 1. The van der Waals surface area contributed by atoms with Crippen LogP contribution in [0.25, 0.3) is 21.7 Å². The molecule has 3 aromatic rings. The third kappa shape index (κ3) is 2.16. The van der Waals surface area contributed by atoms with Crippen molar-refractivity contribution in [2.24, 2.45) is 0 Å². The summed E-state index contributed by atoms with van der Waals surface area (Å²) >= 11 is 1.39. The molecule has 4 nitrogen and oxygen atoms in total. The molecule has 2 aromatic heterocycles. The lowest BCUT2D eigenvalue weighted by molar-refractivity contribution is 0.439. The number of thiazole rings is 1. The summed E-state index contributed by atoms with van der Waals surface area (Å²) in [7, 11) is 0. The maximum atomic E-state index is 13.3. The zero-order valence-electron chi connectivity index (χ0n) is 10.4. The van der Waals surface area contributed by atoms with E-state index in [4.69, 9.17) is 10.3 Å². The summed E-state index contributed by atoms with van der Waals surface area (Å²) < 4.78 is 31.7. The second kappa shape index (κ2) is 4.68. The van der Waals surface area contributed by atoms with Gasteiger partial charge >= 0.3 is 0 Å². The minimum absolute atomic E-state index is 0.0102. The number of anilines is 1. The van der Waals surface area contributed by atoms with Crippen molar-refractivity contribution < 1.29 is 13.3 Å². The number of nitrogens with two attached hydrogens (primary N) is 1. The van der Waals surface area contributed by atoms with E-state index in [-0.39, 0.29) is 11.4 Å². The molecule has 2 N–H and O–H groups in total. The largest absolute Gasteiger partial charge is 0.367 e. The second-order valence-electron chi connectivity index (χ2n) is 4.17. The van der Waals surface area contributed by atoms with Crippen molar-refractivity contribution in [3.63, 3.8) is 0 Å². The maximum absolute atomic E-state index is 13.3. The van der Waals surface area contributed by atoms with Crippen molar-refractivity contribution in [2.75, 3.05) is 5.73 Å². The lowest BCUT2D eigenvalue weighted by Crippen LogP contribution is -1.89. The van der Waals surface area contributed by atoms with Gasteiger partial charge < -0.3 is 10.3 Å². The van der Waals surface area contributed by atoms with Crippen LogP contribution in [0.3, 0.4) is 0 Å². The lowest BCUT2D eigenvalue weighted by atomic mass is 10.0. The normalized spacial score (nSPS) is 10.9. The molecular weight excluding hydrogens is 284 g/mol. The Morgan fingerprint density at radius 2 is 1.90 bits per heavy atom. The van der Waals surface area contributed by atoms with E-state index in [9.17, 15) is 8.78 Å². The molecule has 7 heteroatoms. The number of hydrogen-bond donors (Lipinski definition) is 1. The van der Waals surface area contributed by atoms with Gasteiger partial charge in [0.15, 0.2) is 0 Å². The van der Waals surface area contributed by atoms with E-state index in [0.717, 1.165) is 16.0 Å². The van der Waals surface area contributed by atoms with Crippen LogP contribution in [0, 0.1) is 18.6 Å². The summed E-state index contributed by atoms with van der Waals surface area (Å²) in [6.07, 6.45) is 1.62. The first kappa shape index (κ1) is 12.7. The molecule has 0 radical (unpaired) electrons. The third-order valence-electron chi connectivity index (χ3n) is 2.72. The number of aromatic nitrogens is 2. The molecule has 0 fully saturated rings. The summed E-state index contributed by atoms with van der Waals surface area (Å²) in [5.41, 5.74) is 6.80. The Kier molecular flexibility index (Phi) is 2.98. The Labute approximate surface area is 116 Å². The van der Waals surface area contributed by atoms with Crippen LogP contribution >= 0.6 is 11.3 Å². The zero-order chi connectivity index (χ0) is 14.3. The third-order valence-corrected chi connectivity index (χ3v) is 3.64. The number of rotatable bonds is 2. The second-order valence-corrected chi connectivity index (χ2v) is 5.41. The van der Waals surface area contributed by atoms with Gasteiger partial charge in [0.2, 0.25) is 5.88 Å². The van der Waals surface area contributed by atoms with Gasteiger partial charge in [-0.1, -0.05) is 5.16 Å². The highest BCUT2D eigenvalue weighted by molar-refractivity contribution is 7.15. The minimum atomic E-state index is -0.688. The number of halogens is 2. The molecule has 1 aromatic carbocycles. The molecule has 0 unspecified atom stereocenters. The number of aryl methyl sites for hydroxylation is 1. The van der Waals surface area contributed by atoms with Crippen molar-refractivity contribution in [3.8, 4) is 21.7 Å². The molecule has 0 saturated carbocycles. The summed E-state index contributed by atoms with van der Waals surface area (Å²) in [4.78, 5) is 4.84. The van der Waals surface area contributed by atoms with E-state index in [1.165, 1.54) is 23.5 Å². The Morgan fingerprint density at radius 3 is 2.50 bits per heavy atom. The van der Waals surface area contributed by atoms with Crippen molar-refractivity contribution in [1.82, 2.24) is 10.1 Å². The average Bonchev–Trinajstić information content (AvgIpc) is 2.94. The van der Waals surface area contributed by atoms with Gasteiger partial charge in [0, 0.05) is 12.3 Å². The highest BCUT2D eigenvalue weighted by atomic mass is 32.1. The maximum Gasteiger partial charge on any atom is 0.230 e. The molecule has 20 heavy (non-hydrogen) atoms. The van der Waals surface area contributed by atoms with Crippen molar-refractivity contribution in [3.05, 3.63) is 41.0 Å². The first-order valence-corrected chi connectivity index (χ1v) is 6.50. The van der Waals surface area contributed by atoms with Gasteiger partial charge in [-0.3, -0.25) is 0 Å². The van der Waals surface area contributed by atoms with Crippen LogP contribution in [0.2, 0.25) is 0 Å². The Hall–Kier alpha value is -2.28. The average molecular weight is 293 g/mol. The molecule has 102 valence electrons. The van der Waals surface area contributed by atoms with Gasteiger partial charge in [-0.05, 0) is 24.6 Å². The van der Waals surface area contributed by atoms with E-state index in [1.54, 1.807) is 6.20 Å². The highest BCUT2D eigenvalue weighted by Gasteiger charge is 2.20. The molecule has 0 bridgehead atoms. The molecule has 0 saturated heterocycles. The van der Waals surface area contributed by atoms with Crippen LogP contribution in [0.1, 0.15) is 5.01 Å². The van der Waals surface area contributed by atoms with E-state index >= 15 is 0 Å². The Bertz CT molecular complexity index is 762. The zero-order valence-corrected chi connectivity index (χ0v) is 11.2. The van der Waals surface area contributed by atoms with E-state index < -0.39 is 11.6 Å². The quantitative estimate of drug-likeness (QED) is 0.783. The topological polar surface area (TPSA) is 64.9 Å². The van der Waals surface area contributed by atoms with Crippen molar-refractivity contribution in [1.29, 1.82) is 0 Å². The first-order valence-electron chi connectivity index (χ1n) is 5.69. The van der Waals surface area contributed by atoms with Crippen molar-refractivity contribution >= 4 is 17.2 Å². The fourth-order valence-electron chi connectivity index (χ4n) is 1.92. The SMILES string of the molecule is Cc1ncc(-c2noc(N)c2-c2cc(F)cc(F)c2)s1. The molecular formula is C13H9F2N3OS. The van der Waals surface area contributed by atoms with Gasteiger partial charge in [0.1, 0.15) is 17.3 Å². The highest BCUT2D eigenvalue weighted by Crippen LogP contribution is 2.38. The number of hydrogen-bond acceptors (Lipinski definition) is 5. The summed E-state index contributed by atoms with van der Waals surface area (Å²) in [6, 6.07) is 3.16. The molecule has 0 aliphatic heterocycles. The van der Waals surface area contributed by atoms with Gasteiger partial charge in [-0.25, -0.2) is 13.8 Å². The fraction of sp³-hybridized carbons (Fsp3) is 0.0769. The predicted molar refractivity (Wildman–Crippen MR) is 72.1 cm³/mol. The Morgan fingerprint density at radius 1 is 1.20 bits per heavy atom. The van der Waals surface area contributed by atoms with Crippen LogP contribution in [0.4, 0.5) is 14.7 Å². The van der Waals surface area contributed by atoms with Gasteiger partial charge in [0.05, 0.1) is 15.4 Å². The van der Waals surface area contributed by atoms with Crippen LogP contribution in [0.15, 0.2) is 28.9 Å². The fourth-order valence-corrected chi connectivity index (χ4v) is 2.68. The molecule has 0 aliphatic rings. The smallest absolute Gasteiger partial charge is 0.230 e. The monoisotopic (exact) mass is 293 g/mol. The molecule has 0 spiro atoms. The molecule has 2 heterocycles. The molecule has 0 amide bonds. The minimum Gasteiger partial charge on any atom is -0.367 e. The van der Waals surface area contributed by atoms with E-state index in [2.05, 4.69) is 10.1 Å². The van der Waals surface area contributed by atoms with Crippen LogP contribution in [-0.4, -0.2) is 10.1 Å². The molecule has 3 rings (SSSR count). The predicted octanol–water partition coefficient (Wildman–Crippen LogP) is 3.63. The molecule has 0 atom stereocenters. The Balaban J connectivity index is 2.21. The van der Waals surface area contributed by atoms with E-state index in [1.807, 2.05) is 6.92 Å². The summed E-state index contributed by atoms with van der Waals surface area (Å²) in [5, 5.41) is 4.71. The van der Waals surface area contributed by atoms with Gasteiger partial charge in [-0.2, -0.15) is 0 Å². The lowest BCUT2D eigenvalue weighted by Gasteiger charge is -2.02. The van der Waals surface area contributed by atoms with Crippen molar-refractivity contribution in [2.45, 2.75) is 6.92 Å². The van der Waals surface area contributed by atoms with Crippen LogP contribution in [-0.2, 0) is 0 Å².